The second kappa shape index (κ2) is 6.26. The summed E-state index contributed by atoms with van der Waals surface area (Å²) in [4.78, 5) is 13.7. The molecule has 1 aliphatic heterocycles. The maximum atomic E-state index is 11.9. The van der Waals surface area contributed by atoms with Crippen LogP contribution < -0.4 is 14.2 Å². The maximum absolute atomic E-state index is 11.9. The molecule has 1 amide bonds. The van der Waals surface area contributed by atoms with E-state index in [0.29, 0.717) is 29.5 Å². The van der Waals surface area contributed by atoms with Gasteiger partial charge < -0.3 is 19.1 Å². The molecule has 0 saturated carbocycles. The first-order chi connectivity index (χ1) is 9.65. The van der Waals surface area contributed by atoms with Crippen molar-refractivity contribution in [3.8, 4) is 17.2 Å². The second-order valence-electron chi connectivity index (χ2n) is 4.29. The first-order valence-corrected chi connectivity index (χ1v) is 7.42. The summed E-state index contributed by atoms with van der Waals surface area (Å²) >= 11 is 1.58. The van der Waals surface area contributed by atoms with Gasteiger partial charge in [-0.1, -0.05) is 0 Å². The minimum absolute atomic E-state index is 0.0803. The summed E-state index contributed by atoms with van der Waals surface area (Å²) in [7, 11) is 4.81. The molecule has 1 saturated heterocycles. The van der Waals surface area contributed by atoms with E-state index in [4.69, 9.17) is 14.2 Å². The summed E-state index contributed by atoms with van der Waals surface area (Å²) in [5, 5.41) is -0.0803. The van der Waals surface area contributed by atoms with Crippen LogP contribution >= 0.6 is 11.8 Å². The Hall–Kier alpha value is -1.56. The summed E-state index contributed by atoms with van der Waals surface area (Å²) in [6, 6.07) is 3.63. The van der Waals surface area contributed by atoms with Crippen molar-refractivity contribution in [1.29, 1.82) is 0 Å². The molecule has 1 aromatic rings. The van der Waals surface area contributed by atoms with Crippen LogP contribution in [-0.2, 0) is 4.79 Å². The third kappa shape index (κ3) is 2.52. The Morgan fingerprint density at radius 2 is 1.80 bits per heavy atom. The van der Waals surface area contributed by atoms with Crippen LogP contribution in [0.25, 0.3) is 0 Å². The number of benzene rings is 1. The quantitative estimate of drug-likeness (QED) is 0.834. The van der Waals surface area contributed by atoms with Crippen molar-refractivity contribution in [2.24, 2.45) is 0 Å². The third-order valence-electron chi connectivity index (χ3n) is 3.31. The molecular weight excluding hydrogens is 278 g/mol. The summed E-state index contributed by atoms with van der Waals surface area (Å²) in [5.41, 5.74) is 0.883. The lowest BCUT2D eigenvalue weighted by molar-refractivity contribution is -0.127. The smallest absolute Gasteiger partial charge is 0.233 e. The van der Waals surface area contributed by atoms with Gasteiger partial charge in [-0.3, -0.25) is 4.79 Å². The molecule has 110 valence electrons. The number of hydrogen-bond donors (Lipinski definition) is 0. The predicted octanol–water partition coefficient (Wildman–Crippen LogP) is 2.31. The van der Waals surface area contributed by atoms with Crippen molar-refractivity contribution < 1.29 is 19.0 Å². The number of methoxy groups -OCH3 is 3. The third-order valence-corrected chi connectivity index (χ3v) is 4.53. The normalized spacial score (nSPS) is 18.3. The highest BCUT2D eigenvalue weighted by Gasteiger charge is 2.35. The van der Waals surface area contributed by atoms with Gasteiger partial charge in [0.2, 0.25) is 5.91 Å². The maximum Gasteiger partial charge on any atom is 0.233 e. The molecule has 0 N–H and O–H groups in total. The lowest BCUT2D eigenvalue weighted by atomic mass is 10.1. The van der Waals surface area contributed by atoms with Crippen LogP contribution in [0.1, 0.15) is 17.9 Å². The molecule has 0 aromatic heterocycles. The predicted molar refractivity (Wildman–Crippen MR) is 78.7 cm³/mol. The molecule has 0 aliphatic carbocycles. The highest BCUT2D eigenvalue weighted by molar-refractivity contribution is 8.00. The number of hydrogen-bond acceptors (Lipinski definition) is 5. The van der Waals surface area contributed by atoms with Crippen molar-refractivity contribution in [3.63, 3.8) is 0 Å². The van der Waals surface area contributed by atoms with E-state index in [1.54, 1.807) is 33.1 Å². The number of amides is 1. The lowest BCUT2D eigenvalue weighted by Crippen LogP contribution is -2.28. The molecule has 0 radical (unpaired) electrons. The van der Waals surface area contributed by atoms with Gasteiger partial charge in [0.15, 0.2) is 0 Å². The van der Waals surface area contributed by atoms with E-state index < -0.39 is 0 Å². The standard InChI is InChI=1S/C14H19NO4S/c1-5-15-12(16)8-20-14(15)13-10(18-3)6-9(17-2)7-11(13)19-4/h6-7,14H,5,8H2,1-4H3. The highest BCUT2D eigenvalue weighted by atomic mass is 32.2. The zero-order valence-electron chi connectivity index (χ0n) is 12.1. The average Bonchev–Trinajstić information content (AvgIpc) is 2.85. The zero-order chi connectivity index (χ0) is 14.7. The van der Waals surface area contributed by atoms with Crippen molar-refractivity contribution in [3.05, 3.63) is 17.7 Å². The number of thioether (sulfide) groups is 1. The fourth-order valence-corrected chi connectivity index (χ4v) is 3.62. The molecule has 6 heteroatoms. The fraction of sp³-hybridized carbons (Fsp3) is 0.500. The number of carbonyl (C=O) groups is 1. The van der Waals surface area contributed by atoms with Crippen LogP contribution in [-0.4, -0.2) is 44.4 Å². The van der Waals surface area contributed by atoms with Gasteiger partial charge >= 0.3 is 0 Å². The Morgan fingerprint density at radius 3 is 2.25 bits per heavy atom. The topological polar surface area (TPSA) is 48.0 Å². The minimum Gasteiger partial charge on any atom is -0.496 e. The molecule has 1 aliphatic rings. The number of nitrogens with zero attached hydrogens (tertiary/aromatic N) is 1. The van der Waals surface area contributed by atoms with Gasteiger partial charge in [0, 0.05) is 18.7 Å². The Morgan fingerprint density at radius 1 is 1.20 bits per heavy atom. The van der Waals surface area contributed by atoms with Gasteiger partial charge in [-0.25, -0.2) is 0 Å². The first-order valence-electron chi connectivity index (χ1n) is 6.37. The summed E-state index contributed by atoms with van der Waals surface area (Å²) in [6.45, 7) is 2.63. The van der Waals surface area contributed by atoms with Crippen molar-refractivity contribution in [2.75, 3.05) is 33.6 Å². The summed E-state index contributed by atoms with van der Waals surface area (Å²) in [5.74, 6) is 2.64. The van der Waals surface area contributed by atoms with Gasteiger partial charge in [-0.05, 0) is 6.92 Å². The molecule has 1 atom stereocenters. The van der Waals surface area contributed by atoms with Crippen molar-refractivity contribution in [2.45, 2.75) is 12.3 Å². The van der Waals surface area contributed by atoms with Crippen LogP contribution in [0.15, 0.2) is 12.1 Å². The average molecular weight is 297 g/mol. The molecule has 1 heterocycles. The van der Waals surface area contributed by atoms with Crippen LogP contribution in [0.2, 0.25) is 0 Å². The van der Waals surface area contributed by atoms with Crippen molar-refractivity contribution in [1.82, 2.24) is 4.90 Å². The molecule has 0 bridgehead atoms. The molecule has 5 nitrogen and oxygen atoms in total. The first kappa shape index (κ1) is 14.8. The Bertz CT molecular complexity index is 481. The van der Waals surface area contributed by atoms with Gasteiger partial charge in [-0.15, -0.1) is 11.8 Å². The second-order valence-corrected chi connectivity index (χ2v) is 5.36. The fourth-order valence-electron chi connectivity index (χ4n) is 2.31. The van der Waals surface area contributed by atoms with E-state index in [2.05, 4.69) is 0 Å². The Balaban J connectivity index is 2.51. The molecule has 1 aromatic carbocycles. The van der Waals surface area contributed by atoms with Gasteiger partial charge in [0.1, 0.15) is 22.6 Å². The highest BCUT2D eigenvalue weighted by Crippen LogP contribution is 2.48. The van der Waals surface area contributed by atoms with Gasteiger partial charge in [0.05, 0.1) is 32.6 Å². The molecule has 2 rings (SSSR count). The van der Waals surface area contributed by atoms with E-state index in [9.17, 15) is 4.79 Å². The Labute approximate surface area is 123 Å². The van der Waals surface area contributed by atoms with Crippen molar-refractivity contribution >= 4 is 17.7 Å². The number of carbonyl (C=O) groups excluding carboxylic acids is 1. The molecule has 1 unspecified atom stereocenters. The van der Waals surface area contributed by atoms with Crippen LogP contribution in [0.5, 0.6) is 17.2 Å². The largest absolute Gasteiger partial charge is 0.496 e. The SMILES string of the molecule is CCN1C(=O)CSC1c1c(OC)cc(OC)cc1OC. The van der Waals surface area contributed by atoms with Crippen LogP contribution in [0, 0.1) is 0 Å². The van der Waals surface area contributed by atoms with Crippen LogP contribution in [0.4, 0.5) is 0 Å². The molecule has 1 fully saturated rings. The minimum atomic E-state index is -0.0803. The van der Waals surface area contributed by atoms with Gasteiger partial charge in [0.25, 0.3) is 0 Å². The Kier molecular flexibility index (Phi) is 4.65. The number of rotatable bonds is 5. The van der Waals surface area contributed by atoms with E-state index in [1.165, 1.54) is 0 Å². The summed E-state index contributed by atoms with van der Waals surface area (Å²) in [6.07, 6.45) is 0. The van der Waals surface area contributed by atoms with E-state index in [0.717, 1.165) is 5.56 Å². The molecule has 0 spiro atoms. The molecular formula is C14H19NO4S. The van der Waals surface area contributed by atoms with E-state index in [1.807, 2.05) is 24.0 Å². The monoisotopic (exact) mass is 297 g/mol. The van der Waals surface area contributed by atoms with E-state index in [-0.39, 0.29) is 11.3 Å². The molecule has 20 heavy (non-hydrogen) atoms. The summed E-state index contributed by atoms with van der Waals surface area (Å²) < 4.78 is 16.2. The number of ether oxygens (including phenoxy) is 3. The van der Waals surface area contributed by atoms with E-state index >= 15 is 0 Å². The zero-order valence-corrected chi connectivity index (χ0v) is 13.0. The lowest BCUT2D eigenvalue weighted by Gasteiger charge is -2.26. The van der Waals surface area contributed by atoms with Gasteiger partial charge in [-0.2, -0.15) is 0 Å². The van der Waals surface area contributed by atoms with Crippen LogP contribution in [0.3, 0.4) is 0 Å².